The fourth-order valence-corrected chi connectivity index (χ4v) is 8.77. The fraction of sp³-hybridized carbons (Fsp3) is 0.340. The number of benzene rings is 4. The Morgan fingerprint density at radius 3 is 1.96 bits per heavy atom. The number of hydrogen-bond donors (Lipinski definition) is 2. The first kappa shape index (κ1) is 47.6. The number of aromatic nitrogens is 4. The van der Waals surface area contributed by atoms with E-state index in [1.54, 1.807) is 58.9 Å². The predicted octanol–water partition coefficient (Wildman–Crippen LogP) is 4.21. The summed E-state index contributed by atoms with van der Waals surface area (Å²) in [4.78, 5) is 93.6. The molecule has 4 aliphatic rings. The SMILES string of the molecule is COc1ccc2ncc(=O)n(CCC=O)c2c1.COc1ccc2ncc(=O)n(CCCC[C@@H]3CC(=O)N(c4ccc5c(c4)NC(=O)CO5)C3)c2c1.N[C@@H]1CC(=O)N(c2ccc3c(c2)CC(=O)CO3)C1. The summed E-state index contributed by atoms with van der Waals surface area (Å²) in [5.41, 5.74) is 11.3. The molecule has 0 saturated carbocycles. The summed E-state index contributed by atoms with van der Waals surface area (Å²) in [6, 6.07) is 21.7. The van der Waals surface area contributed by atoms with Crippen molar-refractivity contribution in [1.82, 2.24) is 19.1 Å². The van der Waals surface area contributed by atoms with Crippen LogP contribution in [-0.4, -0.2) is 95.5 Å². The number of unbranched alkanes of at least 4 members (excludes halogenated alkanes) is 1. The number of fused-ring (bicyclic) bond motifs is 4. The highest BCUT2D eigenvalue weighted by Crippen LogP contribution is 2.36. The molecule has 3 N–H and O–H groups in total. The smallest absolute Gasteiger partial charge is 0.269 e. The minimum atomic E-state index is -0.215. The zero-order chi connectivity index (χ0) is 48.6. The second-order valence-electron chi connectivity index (χ2n) is 17.0. The summed E-state index contributed by atoms with van der Waals surface area (Å²) in [5, 5.41) is 2.79. The fourth-order valence-electron chi connectivity index (χ4n) is 8.77. The van der Waals surface area contributed by atoms with Crippen molar-refractivity contribution < 1.29 is 42.9 Å². The molecule has 6 aromatic rings. The number of nitrogens with zero attached hydrogens (tertiary/aromatic N) is 6. The van der Waals surface area contributed by atoms with Crippen molar-refractivity contribution in [2.24, 2.45) is 11.7 Å². The van der Waals surface area contributed by atoms with Crippen LogP contribution in [0.5, 0.6) is 23.0 Å². The van der Waals surface area contributed by atoms with Gasteiger partial charge in [-0.2, -0.15) is 0 Å². The van der Waals surface area contributed by atoms with E-state index in [0.29, 0.717) is 85.8 Å². The lowest BCUT2D eigenvalue weighted by atomic mass is 10.0. The number of methoxy groups -OCH3 is 2. The zero-order valence-corrected chi connectivity index (χ0v) is 38.3. The van der Waals surface area contributed by atoms with Gasteiger partial charge >= 0.3 is 0 Å². The normalized spacial score (nSPS) is 17.1. The van der Waals surface area contributed by atoms with Crippen LogP contribution in [0.4, 0.5) is 17.1 Å². The van der Waals surface area contributed by atoms with Crippen LogP contribution in [0, 0.1) is 5.92 Å². The van der Waals surface area contributed by atoms with Crippen molar-refractivity contribution in [3.05, 3.63) is 111 Å². The highest BCUT2D eigenvalue weighted by Gasteiger charge is 2.32. The maximum absolute atomic E-state index is 12.7. The standard InChI is InChI=1S/C25H26N4O5.C13H14N2O3.C12H12N2O3/c1-33-18-6-7-19-21(12-18)28(25(32)13-26-19)9-3-2-4-16-10-24(31)29(14-16)17-5-8-22-20(11-17)27-23(30)15-34-22;14-9-5-13(17)15(6-9)10-1-2-12-8(3-10)4-11(16)7-18-12;1-17-9-3-4-10-11(7-9)14(5-2-6-15)12(16)8-13-10/h5-8,11-13,16H,2-4,9-10,14-15H2,1H3,(H,27,30);1-3,9H,4-7,14H2;3-4,6-8H,2,5H2,1H3/t16-;9-;/m11./s1. The number of ketones is 1. The first-order valence-corrected chi connectivity index (χ1v) is 22.6. The Morgan fingerprint density at radius 2 is 1.32 bits per heavy atom. The average Bonchev–Trinajstić information content (AvgIpc) is 3.91. The Labute approximate surface area is 395 Å². The number of carbonyl (C=O) groups excluding carboxylic acids is 5. The molecular formula is C50H52N8O11. The van der Waals surface area contributed by atoms with Crippen LogP contribution < -0.4 is 50.9 Å². The monoisotopic (exact) mass is 940 g/mol. The highest BCUT2D eigenvalue weighted by molar-refractivity contribution is 6.00. The summed E-state index contributed by atoms with van der Waals surface area (Å²) in [6.45, 7) is 2.26. The molecule has 2 atom stereocenters. The third-order valence-electron chi connectivity index (χ3n) is 12.2. The van der Waals surface area contributed by atoms with E-state index in [4.69, 9.17) is 24.7 Å². The maximum Gasteiger partial charge on any atom is 0.269 e. The van der Waals surface area contributed by atoms with Crippen molar-refractivity contribution in [2.45, 2.75) is 64.1 Å². The summed E-state index contributed by atoms with van der Waals surface area (Å²) in [6.07, 6.45) is 7.58. The number of aldehydes is 1. The molecule has 0 radical (unpaired) electrons. The van der Waals surface area contributed by atoms with Gasteiger partial charge in [-0.1, -0.05) is 6.42 Å². The van der Waals surface area contributed by atoms with Crippen molar-refractivity contribution in [3.8, 4) is 23.0 Å². The van der Waals surface area contributed by atoms with Crippen LogP contribution in [0.2, 0.25) is 0 Å². The minimum absolute atomic E-state index is 0.00597. The molecule has 4 aliphatic heterocycles. The molecule has 3 amide bonds. The number of hydrogen-bond acceptors (Lipinski definition) is 14. The molecule has 19 heteroatoms. The molecule has 0 unspecified atom stereocenters. The van der Waals surface area contributed by atoms with E-state index in [2.05, 4.69) is 15.3 Å². The lowest BCUT2D eigenvalue weighted by Gasteiger charge is -2.22. The third kappa shape index (κ3) is 11.1. The predicted molar refractivity (Wildman–Crippen MR) is 256 cm³/mol. The van der Waals surface area contributed by atoms with E-state index in [9.17, 15) is 33.6 Å². The van der Waals surface area contributed by atoms with E-state index in [1.807, 2.05) is 42.5 Å². The Kier molecular flexibility index (Phi) is 14.7. The molecule has 0 bridgehead atoms. The largest absolute Gasteiger partial charge is 0.497 e. The quantitative estimate of drug-likeness (QED) is 0.129. The Morgan fingerprint density at radius 1 is 0.710 bits per heavy atom. The molecule has 358 valence electrons. The first-order chi connectivity index (χ1) is 33.4. The number of aryl methyl sites for hydroxylation is 2. The van der Waals surface area contributed by atoms with Gasteiger partial charge in [0, 0.05) is 87.0 Å². The van der Waals surface area contributed by atoms with Crippen LogP contribution in [0.3, 0.4) is 0 Å². The van der Waals surface area contributed by atoms with Crippen molar-refractivity contribution in [3.63, 3.8) is 0 Å². The minimum Gasteiger partial charge on any atom is -0.497 e. The van der Waals surface area contributed by atoms with Crippen LogP contribution in [0.25, 0.3) is 22.1 Å². The van der Waals surface area contributed by atoms with E-state index in [-0.39, 0.29) is 59.8 Å². The van der Waals surface area contributed by atoms with E-state index in [0.717, 1.165) is 59.3 Å². The second-order valence-corrected chi connectivity index (χ2v) is 17.0. The van der Waals surface area contributed by atoms with E-state index >= 15 is 0 Å². The number of nitrogens with one attached hydrogen (secondary N) is 1. The van der Waals surface area contributed by atoms with Gasteiger partial charge < -0.3 is 53.7 Å². The number of nitrogens with two attached hydrogens (primary N) is 1. The molecule has 0 aliphatic carbocycles. The third-order valence-corrected chi connectivity index (χ3v) is 12.2. The molecular weight excluding hydrogens is 889 g/mol. The number of amides is 3. The zero-order valence-electron chi connectivity index (χ0n) is 38.3. The summed E-state index contributed by atoms with van der Waals surface area (Å²) >= 11 is 0. The number of ether oxygens (including phenoxy) is 4. The van der Waals surface area contributed by atoms with Crippen molar-refractivity contribution in [2.75, 3.05) is 55.6 Å². The summed E-state index contributed by atoms with van der Waals surface area (Å²) in [5.74, 6) is 2.91. The summed E-state index contributed by atoms with van der Waals surface area (Å²) < 4.78 is 24.4. The van der Waals surface area contributed by atoms with Crippen LogP contribution in [0.15, 0.2) is 94.8 Å². The van der Waals surface area contributed by atoms with Crippen molar-refractivity contribution >= 4 is 68.9 Å². The van der Waals surface area contributed by atoms with Gasteiger partial charge in [-0.25, -0.2) is 9.97 Å². The molecule has 10 rings (SSSR count). The van der Waals surface area contributed by atoms with Crippen LogP contribution >= 0.6 is 0 Å². The Balaban J connectivity index is 0.000000154. The maximum atomic E-state index is 12.7. The molecule has 4 aromatic carbocycles. The van der Waals surface area contributed by atoms with E-state index < -0.39 is 0 Å². The molecule has 69 heavy (non-hydrogen) atoms. The van der Waals surface area contributed by atoms with Gasteiger partial charge in [-0.15, -0.1) is 0 Å². The molecule has 19 nitrogen and oxygen atoms in total. The Hall–Kier alpha value is -7.93. The van der Waals surface area contributed by atoms with Crippen molar-refractivity contribution in [1.29, 1.82) is 0 Å². The van der Waals surface area contributed by atoms with Gasteiger partial charge in [-0.3, -0.25) is 28.8 Å². The van der Waals surface area contributed by atoms with Gasteiger partial charge in [0.2, 0.25) is 11.8 Å². The topological polar surface area (TPSA) is 237 Å². The average molecular weight is 941 g/mol. The molecule has 2 saturated heterocycles. The highest BCUT2D eigenvalue weighted by atomic mass is 16.5. The van der Waals surface area contributed by atoms with Gasteiger partial charge in [-0.05, 0) is 79.4 Å². The van der Waals surface area contributed by atoms with Gasteiger partial charge in [0.15, 0.2) is 12.4 Å². The number of anilines is 3. The van der Waals surface area contributed by atoms with Crippen LogP contribution in [0.1, 0.15) is 44.1 Å². The molecule has 2 aromatic heterocycles. The lowest BCUT2D eigenvalue weighted by Crippen LogP contribution is -2.28. The first-order valence-electron chi connectivity index (χ1n) is 22.6. The lowest BCUT2D eigenvalue weighted by molar-refractivity contribution is -0.121. The van der Waals surface area contributed by atoms with Gasteiger partial charge in [0.25, 0.3) is 17.0 Å². The number of Topliss-reactive ketones (excluding diaryl/α,β-unsaturated/α-hetero) is 1. The summed E-state index contributed by atoms with van der Waals surface area (Å²) in [7, 11) is 3.16. The Bertz CT molecular complexity index is 3060. The molecule has 0 spiro atoms. The van der Waals surface area contributed by atoms with E-state index in [1.165, 1.54) is 17.0 Å². The van der Waals surface area contributed by atoms with Gasteiger partial charge in [0.1, 0.15) is 35.9 Å². The van der Waals surface area contributed by atoms with Crippen LogP contribution in [-0.2, 0) is 43.5 Å². The number of carbonyl (C=O) groups is 5. The number of rotatable bonds is 12. The molecule has 2 fully saturated rings. The second kappa shape index (κ2) is 21.4. The molecule has 6 heterocycles. The van der Waals surface area contributed by atoms with Gasteiger partial charge in [0.05, 0.1) is 54.4 Å².